The molecule has 7 nitrogen and oxygen atoms in total. The lowest BCUT2D eigenvalue weighted by Crippen LogP contribution is -2.30. The van der Waals surface area contributed by atoms with Crippen molar-refractivity contribution in [2.75, 3.05) is 0 Å². The van der Waals surface area contributed by atoms with Gasteiger partial charge in [-0.1, -0.05) is 42.3 Å². The monoisotopic (exact) mass is 495 g/mol. The van der Waals surface area contributed by atoms with Gasteiger partial charge in [-0.25, -0.2) is 4.98 Å². The topological polar surface area (TPSA) is 84.7 Å². The second kappa shape index (κ2) is 10.8. The predicted octanol–water partition coefficient (Wildman–Crippen LogP) is 4.91. The molecule has 2 aromatic carbocycles. The van der Waals surface area contributed by atoms with Crippen LogP contribution in [0.3, 0.4) is 0 Å². The van der Waals surface area contributed by atoms with Crippen molar-refractivity contribution in [2.45, 2.75) is 38.3 Å². The molecule has 2 heterocycles. The number of fused-ring (bicyclic) bond motifs is 1. The highest BCUT2D eigenvalue weighted by molar-refractivity contribution is 7.71. The molecule has 2 N–H and O–H groups in total. The molecule has 34 heavy (non-hydrogen) atoms. The maximum atomic E-state index is 12.7. The van der Waals surface area contributed by atoms with Gasteiger partial charge in [-0.05, 0) is 54.9 Å². The molecule has 0 saturated heterocycles. The second-order valence-electron chi connectivity index (χ2n) is 8.19. The average Bonchev–Trinajstić information content (AvgIpc) is 3.25. The number of imidazole rings is 1. The number of para-hydroxylation sites is 1. The summed E-state index contributed by atoms with van der Waals surface area (Å²) in [6, 6.07) is 14.4. The molecule has 1 amide bonds. The van der Waals surface area contributed by atoms with Gasteiger partial charge in [-0.15, -0.1) is 0 Å². The van der Waals surface area contributed by atoms with Crippen molar-refractivity contribution < 1.29 is 4.79 Å². The van der Waals surface area contributed by atoms with Crippen LogP contribution >= 0.6 is 23.8 Å². The third-order valence-corrected chi connectivity index (χ3v) is 6.37. The number of amides is 1. The van der Waals surface area contributed by atoms with E-state index in [-0.39, 0.29) is 17.5 Å². The van der Waals surface area contributed by atoms with Gasteiger partial charge in [0.1, 0.15) is 11.9 Å². The fraction of sp³-hybridized carbons (Fsp3) is 0.280. The summed E-state index contributed by atoms with van der Waals surface area (Å²) in [6.45, 7) is 0.515. The van der Waals surface area contributed by atoms with E-state index in [9.17, 15) is 9.59 Å². The van der Waals surface area contributed by atoms with Crippen LogP contribution < -0.4 is 10.9 Å². The number of benzene rings is 2. The number of halogens is 1. The minimum atomic E-state index is -0.362. The number of nitrogens with zero attached hydrogens (tertiary/aromatic N) is 3. The molecule has 0 radical (unpaired) electrons. The maximum Gasteiger partial charge on any atom is 0.262 e. The van der Waals surface area contributed by atoms with Gasteiger partial charge in [0.15, 0.2) is 4.77 Å². The SMILES string of the molecule is Cn1ccnc1C(NC(=O)CCCCCn1c(=S)[nH]c2ccccc2c1=O)c1ccc(Cl)cc1. The standard InChI is InChI=1S/C25H26ClN5O2S/c1-30-16-14-27-23(30)22(17-10-12-18(26)13-11-17)29-21(32)9-3-2-6-15-31-24(33)19-7-4-5-8-20(19)28-25(31)34/h4-5,7-8,10-14,16,22H,2-3,6,9,15H2,1H3,(H,28,34)(H,29,32). The number of aromatic nitrogens is 4. The highest BCUT2D eigenvalue weighted by atomic mass is 35.5. The van der Waals surface area contributed by atoms with E-state index < -0.39 is 0 Å². The van der Waals surface area contributed by atoms with Crippen molar-refractivity contribution in [3.63, 3.8) is 0 Å². The molecule has 0 fully saturated rings. The molecule has 0 aliphatic heterocycles. The Morgan fingerprint density at radius 2 is 1.91 bits per heavy atom. The third-order valence-electron chi connectivity index (χ3n) is 5.80. The molecular formula is C25H26ClN5O2S. The summed E-state index contributed by atoms with van der Waals surface area (Å²) >= 11 is 11.4. The van der Waals surface area contributed by atoms with Crippen LogP contribution in [-0.4, -0.2) is 25.0 Å². The summed E-state index contributed by atoms with van der Waals surface area (Å²) in [7, 11) is 1.90. The molecule has 0 bridgehead atoms. The first-order chi connectivity index (χ1) is 16.4. The van der Waals surface area contributed by atoms with E-state index in [0.717, 1.165) is 29.7 Å². The Hall–Kier alpha value is -3.23. The lowest BCUT2D eigenvalue weighted by molar-refractivity contribution is -0.121. The molecule has 0 saturated carbocycles. The quantitative estimate of drug-likeness (QED) is 0.255. The summed E-state index contributed by atoms with van der Waals surface area (Å²) in [5.74, 6) is 0.698. The molecule has 4 rings (SSSR count). The number of carbonyl (C=O) groups excluding carboxylic acids is 1. The van der Waals surface area contributed by atoms with Gasteiger partial charge in [-0.2, -0.15) is 0 Å². The second-order valence-corrected chi connectivity index (χ2v) is 9.01. The Morgan fingerprint density at radius 3 is 2.65 bits per heavy atom. The summed E-state index contributed by atoms with van der Waals surface area (Å²) < 4.78 is 3.90. The van der Waals surface area contributed by atoms with Crippen LogP contribution in [-0.2, 0) is 18.4 Å². The van der Waals surface area contributed by atoms with Crippen LogP contribution in [0.4, 0.5) is 0 Å². The minimum Gasteiger partial charge on any atom is -0.342 e. The molecule has 176 valence electrons. The number of nitrogens with one attached hydrogen (secondary N) is 2. The lowest BCUT2D eigenvalue weighted by atomic mass is 10.1. The van der Waals surface area contributed by atoms with Crippen LogP contribution in [0, 0.1) is 4.77 Å². The van der Waals surface area contributed by atoms with Crippen molar-refractivity contribution in [3.05, 3.63) is 92.5 Å². The first-order valence-electron chi connectivity index (χ1n) is 11.2. The molecule has 2 aromatic heterocycles. The van der Waals surface area contributed by atoms with Crippen LogP contribution in [0.2, 0.25) is 5.02 Å². The smallest absolute Gasteiger partial charge is 0.262 e. The summed E-state index contributed by atoms with van der Waals surface area (Å²) in [4.78, 5) is 33.0. The van der Waals surface area contributed by atoms with Gasteiger partial charge in [0.2, 0.25) is 5.91 Å². The fourth-order valence-corrected chi connectivity index (χ4v) is 4.39. The van der Waals surface area contributed by atoms with E-state index in [1.54, 1.807) is 29.0 Å². The van der Waals surface area contributed by atoms with E-state index in [2.05, 4.69) is 15.3 Å². The van der Waals surface area contributed by atoms with Gasteiger partial charge in [0, 0.05) is 37.4 Å². The predicted molar refractivity (Wildman–Crippen MR) is 137 cm³/mol. The molecule has 1 unspecified atom stereocenters. The number of hydrogen-bond acceptors (Lipinski definition) is 4. The molecule has 1 atom stereocenters. The Labute approximate surface area is 207 Å². The Balaban J connectivity index is 1.33. The summed E-state index contributed by atoms with van der Waals surface area (Å²) in [5.41, 5.74) is 1.57. The zero-order valence-electron chi connectivity index (χ0n) is 18.8. The number of hydrogen-bond donors (Lipinski definition) is 2. The number of unbranched alkanes of at least 4 members (excludes halogenated alkanes) is 2. The van der Waals surface area contributed by atoms with E-state index in [1.165, 1.54) is 0 Å². The normalized spacial score (nSPS) is 12.1. The highest BCUT2D eigenvalue weighted by Crippen LogP contribution is 2.22. The number of H-pyrrole nitrogens is 1. The van der Waals surface area contributed by atoms with Crippen molar-refractivity contribution in [1.29, 1.82) is 0 Å². The Morgan fingerprint density at radius 1 is 1.15 bits per heavy atom. The van der Waals surface area contributed by atoms with Gasteiger partial charge in [-0.3, -0.25) is 14.2 Å². The first kappa shape index (κ1) is 23.9. The third kappa shape index (κ3) is 5.46. The van der Waals surface area contributed by atoms with Crippen molar-refractivity contribution in [1.82, 2.24) is 24.4 Å². The van der Waals surface area contributed by atoms with Crippen molar-refractivity contribution in [3.8, 4) is 0 Å². The van der Waals surface area contributed by atoms with Crippen LogP contribution in [0.15, 0.2) is 65.7 Å². The summed E-state index contributed by atoms with van der Waals surface area (Å²) in [6.07, 6.45) is 6.21. The van der Waals surface area contributed by atoms with Gasteiger partial charge < -0.3 is 14.9 Å². The number of aromatic amines is 1. The number of rotatable bonds is 9. The van der Waals surface area contributed by atoms with Crippen LogP contribution in [0.5, 0.6) is 0 Å². The van der Waals surface area contributed by atoms with Crippen molar-refractivity contribution >= 4 is 40.6 Å². The Bertz CT molecular complexity index is 1410. The van der Waals surface area contributed by atoms with Gasteiger partial charge >= 0.3 is 0 Å². The van der Waals surface area contributed by atoms with E-state index in [1.807, 2.05) is 48.1 Å². The van der Waals surface area contributed by atoms with E-state index in [4.69, 9.17) is 23.8 Å². The molecule has 0 spiro atoms. The molecule has 0 aliphatic carbocycles. The van der Waals surface area contributed by atoms with Gasteiger partial charge in [0.25, 0.3) is 5.56 Å². The number of aryl methyl sites for hydroxylation is 1. The van der Waals surface area contributed by atoms with Crippen LogP contribution in [0.1, 0.15) is 43.1 Å². The average molecular weight is 496 g/mol. The molecule has 0 aliphatic rings. The maximum absolute atomic E-state index is 12.7. The first-order valence-corrected chi connectivity index (χ1v) is 12.0. The molecule has 4 aromatic rings. The highest BCUT2D eigenvalue weighted by Gasteiger charge is 2.20. The van der Waals surface area contributed by atoms with Crippen molar-refractivity contribution in [2.24, 2.45) is 7.05 Å². The fourth-order valence-electron chi connectivity index (χ4n) is 3.97. The van der Waals surface area contributed by atoms with Gasteiger partial charge in [0.05, 0.1) is 10.9 Å². The molecule has 9 heteroatoms. The summed E-state index contributed by atoms with van der Waals surface area (Å²) in [5, 5.41) is 4.36. The zero-order chi connectivity index (χ0) is 24.1. The Kier molecular flexibility index (Phi) is 7.59. The zero-order valence-corrected chi connectivity index (χ0v) is 20.4. The van der Waals surface area contributed by atoms with E-state index >= 15 is 0 Å². The minimum absolute atomic E-state index is 0.0527. The number of carbonyl (C=O) groups is 1. The molecular weight excluding hydrogens is 470 g/mol. The largest absolute Gasteiger partial charge is 0.342 e. The van der Waals surface area contributed by atoms with E-state index in [0.29, 0.717) is 34.6 Å². The lowest BCUT2D eigenvalue weighted by Gasteiger charge is -2.19. The van der Waals surface area contributed by atoms with Crippen LogP contribution in [0.25, 0.3) is 10.9 Å².